The first-order chi connectivity index (χ1) is 13.6. The molecule has 146 valence electrons. The standard InChI is InChI=1S/C20H22N4O2S2/c1-4-21-19-23-24-20(28-19)27-17(14-8-6-5-7-9-14)18(25)22-15-12-13(2)10-11-16(15)26-3/h5-12,17H,4H2,1-3H3,(H,21,23)(H,22,25)/t17-/m0/s1. The van der Waals surface area contributed by atoms with Gasteiger partial charge in [0.15, 0.2) is 4.34 Å². The van der Waals surface area contributed by atoms with E-state index in [-0.39, 0.29) is 5.91 Å². The van der Waals surface area contributed by atoms with Crippen LogP contribution in [-0.4, -0.2) is 29.8 Å². The molecule has 3 rings (SSSR count). The van der Waals surface area contributed by atoms with E-state index >= 15 is 0 Å². The molecule has 0 aliphatic rings. The van der Waals surface area contributed by atoms with Gasteiger partial charge in [-0.3, -0.25) is 4.79 Å². The maximum absolute atomic E-state index is 13.2. The number of rotatable bonds is 8. The molecular weight excluding hydrogens is 392 g/mol. The largest absolute Gasteiger partial charge is 0.495 e. The predicted molar refractivity (Wildman–Crippen MR) is 115 cm³/mol. The number of anilines is 2. The van der Waals surface area contributed by atoms with Gasteiger partial charge >= 0.3 is 0 Å². The van der Waals surface area contributed by atoms with Crippen LogP contribution in [0.2, 0.25) is 0 Å². The molecule has 0 radical (unpaired) electrons. The summed E-state index contributed by atoms with van der Waals surface area (Å²) < 4.78 is 6.12. The lowest BCUT2D eigenvalue weighted by molar-refractivity contribution is -0.115. The van der Waals surface area contributed by atoms with Gasteiger partial charge in [0.2, 0.25) is 11.0 Å². The Morgan fingerprint density at radius 2 is 2.00 bits per heavy atom. The van der Waals surface area contributed by atoms with E-state index in [4.69, 9.17) is 4.74 Å². The van der Waals surface area contributed by atoms with Gasteiger partial charge in [0.25, 0.3) is 0 Å². The van der Waals surface area contributed by atoms with Crippen LogP contribution < -0.4 is 15.4 Å². The molecule has 1 heterocycles. The third kappa shape index (κ3) is 5.02. The van der Waals surface area contributed by atoms with Crippen molar-refractivity contribution >= 4 is 39.8 Å². The Morgan fingerprint density at radius 1 is 1.21 bits per heavy atom. The number of carbonyl (C=O) groups is 1. The molecule has 8 heteroatoms. The Bertz CT molecular complexity index is 931. The second-order valence-corrected chi connectivity index (χ2v) is 8.33. The van der Waals surface area contributed by atoms with Crippen LogP contribution in [-0.2, 0) is 4.79 Å². The number of hydrogen-bond donors (Lipinski definition) is 2. The summed E-state index contributed by atoms with van der Waals surface area (Å²) in [6, 6.07) is 15.4. The smallest absolute Gasteiger partial charge is 0.242 e. The second-order valence-electron chi connectivity index (χ2n) is 6.01. The fourth-order valence-corrected chi connectivity index (χ4v) is 4.61. The summed E-state index contributed by atoms with van der Waals surface area (Å²) in [6.45, 7) is 4.75. The molecule has 1 atom stereocenters. The van der Waals surface area contributed by atoms with Crippen molar-refractivity contribution in [3.05, 3.63) is 59.7 Å². The first-order valence-electron chi connectivity index (χ1n) is 8.85. The van der Waals surface area contributed by atoms with Crippen molar-refractivity contribution in [2.24, 2.45) is 0 Å². The SMILES string of the molecule is CCNc1nnc(S[C@H](C(=O)Nc2cc(C)ccc2OC)c2ccccc2)s1. The summed E-state index contributed by atoms with van der Waals surface area (Å²) in [6.07, 6.45) is 0. The lowest BCUT2D eigenvalue weighted by Gasteiger charge is -2.17. The topological polar surface area (TPSA) is 76.1 Å². The normalized spacial score (nSPS) is 11.7. The summed E-state index contributed by atoms with van der Waals surface area (Å²) in [5.74, 6) is 0.487. The highest BCUT2D eigenvalue weighted by Crippen LogP contribution is 2.39. The molecule has 28 heavy (non-hydrogen) atoms. The van der Waals surface area contributed by atoms with Crippen molar-refractivity contribution in [3.63, 3.8) is 0 Å². The zero-order chi connectivity index (χ0) is 19.9. The van der Waals surface area contributed by atoms with Gasteiger partial charge in [0, 0.05) is 6.54 Å². The molecule has 2 aromatic carbocycles. The van der Waals surface area contributed by atoms with Crippen LogP contribution in [0.3, 0.4) is 0 Å². The maximum atomic E-state index is 13.2. The van der Waals surface area contributed by atoms with Crippen LogP contribution in [0.15, 0.2) is 52.9 Å². The van der Waals surface area contributed by atoms with Gasteiger partial charge in [0.05, 0.1) is 12.8 Å². The summed E-state index contributed by atoms with van der Waals surface area (Å²) in [5.41, 5.74) is 2.59. The van der Waals surface area contributed by atoms with Crippen LogP contribution in [0.4, 0.5) is 10.8 Å². The molecular formula is C20H22N4O2S2. The minimum absolute atomic E-state index is 0.139. The van der Waals surface area contributed by atoms with Gasteiger partial charge in [-0.1, -0.05) is 59.5 Å². The summed E-state index contributed by atoms with van der Waals surface area (Å²) in [4.78, 5) is 13.2. The van der Waals surface area contributed by atoms with E-state index in [9.17, 15) is 4.79 Å². The zero-order valence-electron chi connectivity index (χ0n) is 15.9. The second kappa shape index (κ2) is 9.57. The molecule has 0 spiro atoms. The average Bonchev–Trinajstić information content (AvgIpc) is 3.14. The Kier molecular flexibility index (Phi) is 6.89. The zero-order valence-corrected chi connectivity index (χ0v) is 17.6. The predicted octanol–water partition coefficient (Wildman–Crippen LogP) is 4.76. The molecule has 1 aromatic heterocycles. The van der Waals surface area contributed by atoms with E-state index in [1.165, 1.54) is 23.1 Å². The van der Waals surface area contributed by atoms with Crippen molar-refractivity contribution in [1.82, 2.24) is 10.2 Å². The van der Waals surface area contributed by atoms with Gasteiger partial charge in [-0.25, -0.2) is 0 Å². The van der Waals surface area contributed by atoms with Gasteiger partial charge in [-0.15, -0.1) is 10.2 Å². The number of aryl methyl sites for hydroxylation is 1. The van der Waals surface area contributed by atoms with E-state index in [2.05, 4.69) is 20.8 Å². The first kappa shape index (κ1) is 20.2. The molecule has 0 aliphatic carbocycles. The fraction of sp³-hybridized carbons (Fsp3) is 0.250. The molecule has 0 saturated carbocycles. The van der Waals surface area contributed by atoms with Crippen molar-refractivity contribution in [2.75, 3.05) is 24.3 Å². The number of benzene rings is 2. The molecule has 0 saturated heterocycles. The van der Waals surface area contributed by atoms with E-state index < -0.39 is 5.25 Å². The number of hydrogen-bond acceptors (Lipinski definition) is 7. The minimum Gasteiger partial charge on any atom is -0.495 e. The van der Waals surface area contributed by atoms with E-state index in [1.807, 2.05) is 62.4 Å². The Balaban J connectivity index is 1.86. The molecule has 1 amide bonds. The highest BCUT2D eigenvalue weighted by atomic mass is 32.2. The molecule has 2 N–H and O–H groups in total. The lowest BCUT2D eigenvalue weighted by atomic mass is 10.1. The van der Waals surface area contributed by atoms with E-state index in [1.54, 1.807) is 7.11 Å². The highest BCUT2D eigenvalue weighted by molar-refractivity contribution is 8.02. The third-order valence-electron chi connectivity index (χ3n) is 3.91. The number of carbonyl (C=O) groups excluding carboxylic acids is 1. The molecule has 6 nitrogen and oxygen atoms in total. The van der Waals surface area contributed by atoms with Crippen molar-refractivity contribution in [3.8, 4) is 5.75 Å². The molecule has 0 fully saturated rings. The van der Waals surface area contributed by atoms with Gasteiger partial charge in [-0.05, 0) is 37.1 Å². The monoisotopic (exact) mass is 414 g/mol. The minimum atomic E-state index is -0.464. The van der Waals surface area contributed by atoms with E-state index in [0.717, 1.165) is 27.1 Å². The lowest BCUT2D eigenvalue weighted by Crippen LogP contribution is -2.19. The first-order valence-corrected chi connectivity index (χ1v) is 10.5. The fourth-order valence-electron chi connectivity index (χ4n) is 2.60. The van der Waals surface area contributed by atoms with Crippen molar-refractivity contribution in [2.45, 2.75) is 23.4 Å². The number of ether oxygens (including phenoxy) is 1. The van der Waals surface area contributed by atoms with Crippen LogP contribution in [0.1, 0.15) is 23.3 Å². The van der Waals surface area contributed by atoms with Crippen molar-refractivity contribution in [1.29, 1.82) is 0 Å². The summed E-state index contributed by atoms with van der Waals surface area (Å²) >= 11 is 2.82. The third-order valence-corrected chi connectivity index (χ3v) is 6.13. The highest BCUT2D eigenvalue weighted by Gasteiger charge is 2.25. The average molecular weight is 415 g/mol. The van der Waals surface area contributed by atoms with Gasteiger partial charge in [0.1, 0.15) is 11.0 Å². The Morgan fingerprint density at radius 3 is 2.71 bits per heavy atom. The number of thioether (sulfide) groups is 1. The Labute approximate surface area is 172 Å². The molecule has 0 bridgehead atoms. The number of nitrogens with zero attached hydrogens (tertiary/aromatic N) is 2. The van der Waals surface area contributed by atoms with Gasteiger partial charge in [-0.2, -0.15) is 0 Å². The van der Waals surface area contributed by atoms with Crippen LogP contribution in [0.5, 0.6) is 5.75 Å². The number of aromatic nitrogens is 2. The quantitative estimate of drug-likeness (QED) is 0.518. The molecule has 0 unspecified atom stereocenters. The van der Waals surface area contributed by atoms with Crippen molar-refractivity contribution < 1.29 is 9.53 Å². The number of amides is 1. The number of nitrogens with one attached hydrogen (secondary N) is 2. The van der Waals surface area contributed by atoms with Crippen LogP contribution in [0, 0.1) is 6.92 Å². The summed E-state index contributed by atoms with van der Waals surface area (Å²) in [7, 11) is 1.59. The molecule has 0 aliphatic heterocycles. The Hall–Kier alpha value is -2.58. The molecule has 3 aromatic rings. The van der Waals surface area contributed by atoms with Crippen LogP contribution in [0.25, 0.3) is 0 Å². The maximum Gasteiger partial charge on any atom is 0.242 e. The van der Waals surface area contributed by atoms with Gasteiger partial charge < -0.3 is 15.4 Å². The number of methoxy groups -OCH3 is 1. The summed E-state index contributed by atoms with van der Waals surface area (Å²) in [5, 5.41) is 14.8. The van der Waals surface area contributed by atoms with E-state index in [0.29, 0.717) is 11.4 Å². The van der Waals surface area contributed by atoms with Crippen LogP contribution >= 0.6 is 23.1 Å².